The molecule has 1 saturated carbocycles. The third-order valence-electron chi connectivity index (χ3n) is 5.52. The van der Waals surface area contributed by atoms with Gasteiger partial charge >= 0.3 is 0 Å². The molecule has 1 fully saturated rings. The van der Waals surface area contributed by atoms with Crippen LogP contribution in [0.2, 0.25) is 0 Å². The second-order valence-electron chi connectivity index (χ2n) is 7.51. The Morgan fingerprint density at radius 2 is 1.50 bits per heavy atom. The highest BCUT2D eigenvalue weighted by atomic mass is 16.5. The third-order valence-corrected chi connectivity index (χ3v) is 5.52. The van der Waals surface area contributed by atoms with Crippen molar-refractivity contribution in [3.63, 3.8) is 0 Å². The van der Waals surface area contributed by atoms with Gasteiger partial charge in [0, 0.05) is 6.61 Å². The van der Waals surface area contributed by atoms with E-state index in [1.54, 1.807) is 0 Å². The van der Waals surface area contributed by atoms with Gasteiger partial charge in [0.25, 0.3) is 0 Å². The molecular formula is C25H32O. The van der Waals surface area contributed by atoms with Crippen LogP contribution in [-0.4, -0.2) is 6.61 Å². The van der Waals surface area contributed by atoms with Gasteiger partial charge in [0.2, 0.25) is 0 Å². The van der Waals surface area contributed by atoms with Crippen molar-refractivity contribution < 1.29 is 4.74 Å². The van der Waals surface area contributed by atoms with Gasteiger partial charge in [-0.1, -0.05) is 67.6 Å². The first-order valence-corrected chi connectivity index (χ1v) is 10.2. The van der Waals surface area contributed by atoms with E-state index in [2.05, 4.69) is 74.5 Å². The Morgan fingerprint density at radius 3 is 2.08 bits per heavy atom. The van der Waals surface area contributed by atoms with Crippen molar-refractivity contribution in [3.05, 3.63) is 71.8 Å². The van der Waals surface area contributed by atoms with Crippen molar-refractivity contribution in [1.29, 1.82) is 0 Å². The minimum atomic E-state index is 0.711. The van der Waals surface area contributed by atoms with Crippen LogP contribution >= 0.6 is 0 Å². The fraction of sp³-hybridized carbons (Fsp3) is 0.440. The summed E-state index contributed by atoms with van der Waals surface area (Å²) in [5, 5.41) is 0. The smallest absolute Gasteiger partial charge is 0.0716 e. The van der Waals surface area contributed by atoms with E-state index in [1.807, 2.05) is 0 Å². The lowest BCUT2D eigenvalue weighted by atomic mass is 9.78. The molecule has 0 aliphatic heterocycles. The van der Waals surface area contributed by atoms with Gasteiger partial charge < -0.3 is 4.74 Å². The molecular weight excluding hydrogens is 316 g/mol. The fourth-order valence-corrected chi connectivity index (χ4v) is 3.99. The first-order chi connectivity index (χ1) is 12.8. The lowest BCUT2D eigenvalue weighted by molar-refractivity contribution is 0.121. The van der Waals surface area contributed by atoms with Gasteiger partial charge in [0.15, 0.2) is 0 Å². The number of ether oxygens (including phenoxy) is 1. The van der Waals surface area contributed by atoms with Crippen LogP contribution in [-0.2, 0) is 11.3 Å². The van der Waals surface area contributed by atoms with Crippen molar-refractivity contribution in [1.82, 2.24) is 0 Å². The maximum Gasteiger partial charge on any atom is 0.0716 e. The number of hydrogen-bond acceptors (Lipinski definition) is 1. The van der Waals surface area contributed by atoms with Crippen LogP contribution in [0.1, 0.15) is 63.0 Å². The van der Waals surface area contributed by atoms with Crippen LogP contribution in [0.5, 0.6) is 0 Å². The molecule has 0 amide bonds. The monoisotopic (exact) mass is 348 g/mol. The predicted octanol–water partition coefficient (Wildman–Crippen LogP) is 7.13. The van der Waals surface area contributed by atoms with Gasteiger partial charge in [0.1, 0.15) is 0 Å². The molecule has 26 heavy (non-hydrogen) atoms. The maximum atomic E-state index is 5.62. The SMILES string of the molecule is C/C=C\C1CCC(c2ccc(-c3ccc(COCCC)cc3)cc2)CC1. The molecule has 0 bridgehead atoms. The van der Waals surface area contributed by atoms with Crippen molar-refractivity contribution in [2.45, 2.75) is 58.5 Å². The molecule has 2 aromatic carbocycles. The van der Waals surface area contributed by atoms with Crippen LogP contribution in [0.15, 0.2) is 60.7 Å². The van der Waals surface area contributed by atoms with Crippen molar-refractivity contribution in [2.75, 3.05) is 6.61 Å². The average Bonchev–Trinajstić information content (AvgIpc) is 2.70. The molecule has 0 heterocycles. The maximum absolute atomic E-state index is 5.62. The summed E-state index contributed by atoms with van der Waals surface area (Å²) in [6, 6.07) is 18.0. The molecule has 1 heteroatoms. The Bertz CT molecular complexity index is 673. The highest BCUT2D eigenvalue weighted by Crippen LogP contribution is 2.36. The number of benzene rings is 2. The topological polar surface area (TPSA) is 9.23 Å². The van der Waals surface area contributed by atoms with Crippen molar-refractivity contribution >= 4 is 0 Å². The van der Waals surface area contributed by atoms with Crippen molar-refractivity contribution in [3.8, 4) is 11.1 Å². The largest absolute Gasteiger partial charge is 0.377 e. The Labute approximate surface area is 159 Å². The zero-order valence-corrected chi connectivity index (χ0v) is 16.3. The Morgan fingerprint density at radius 1 is 0.885 bits per heavy atom. The van der Waals surface area contributed by atoms with E-state index >= 15 is 0 Å². The molecule has 0 unspecified atom stereocenters. The fourth-order valence-electron chi connectivity index (χ4n) is 3.99. The molecule has 1 aliphatic carbocycles. The van der Waals surface area contributed by atoms with E-state index in [0.717, 1.165) is 24.9 Å². The summed E-state index contributed by atoms with van der Waals surface area (Å²) in [5.74, 6) is 1.54. The second-order valence-corrected chi connectivity index (χ2v) is 7.51. The minimum absolute atomic E-state index is 0.711. The van der Waals surface area contributed by atoms with Gasteiger partial charge in [-0.2, -0.15) is 0 Å². The summed E-state index contributed by atoms with van der Waals surface area (Å²) < 4.78 is 5.62. The first kappa shape index (κ1) is 18.9. The zero-order valence-electron chi connectivity index (χ0n) is 16.3. The summed E-state index contributed by atoms with van der Waals surface area (Å²) in [6.45, 7) is 5.82. The molecule has 1 aliphatic rings. The number of allylic oxidation sites excluding steroid dienone is 2. The van der Waals surface area contributed by atoms with E-state index < -0.39 is 0 Å². The van der Waals surface area contributed by atoms with E-state index in [1.165, 1.54) is 47.9 Å². The van der Waals surface area contributed by atoms with Crippen LogP contribution in [0.3, 0.4) is 0 Å². The van der Waals surface area contributed by atoms with Gasteiger partial charge in [-0.15, -0.1) is 0 Å². The summed E-state index contributed by atoms with van der Waals surface area (Å²) in [7, 11) is 0. The van der Waals surface area contributed by atoms with E-state index in [0.29, 0.717) is 6.61 Å². The lowest BCUT2D eigenvalue weighted by Crippen LogP contribution is -2.11. The minimum Gasteiger partial charge on any atom is -0.377 e. The normalized spacial score (nSPS) is 20.5. The van der Waals surface area contributed by atoms with E-state index in [4.69, 9.17) is 4.74 Å². The zero-order chi connectivity index (χ0) is 18.2. The van der Waals surface area contributed by atoms with E-state index in [-0.39, 0.29) is 0 Å². The molecule has 1 nitrogen and oxygen atoms in total. The van der Waals surface area contributed by atoms with E-state index in [9.17, 15) is 0 Å². The van der Waals surface area contributed by atoms with Gasteiger partial charge in [0.05, 0.1) is 6.61 Å². The molecule has 0 spiro atoms. The van der Waals surface area contributed by atoms with Gasteiger partial charge in [-0.3, -0.25) is 0 Å². The summed E-state index contributed by atoms with van der Waals surface area (Å²) in [6.07, 6.45) is 11.0. The highest BCUT2D eigenvalue weighted by molar-refractivity contribution is 5.64. The first-order valence-electron chi connectivity index (χ1n) is 10.2. The Balaban J connectivity index is 1.59. The summed E-state index contributed by atoms with van der Waals surface area (Å²) in [4.78, 5) is 0. The third kappa shape index (κ3) is 5.08. The number of hydrogen-bond donors (Lipinski definition) is 0. The summed E-state index contributed by atoms with van der Waals surface area (Å²) >= 11 is 0. The Hall–Kier alpha value is -1.86. The van der Waals surface area contributed by atoms with Crippen LogP contribution in [0.25, 0.3) is 11.1 Å². The van der Waals surface area contributed by atoms with Crippen LogP contribution in [0, 0.1) is 5.92 Å². The molecule has 2 aromatic rings. The van der Waals surface area contributed by atoms with Crippen molar-refractivity contribution in [2.24, 2.45) is 5.92 Å². The molecule has 0 N–H and O–H groups in total. The quantitative estimate of drug-likeness (QED) is 0.382. The standard InChI is InChI=1S/C25H32O/c1-3-5-20-6-10-22(11-7-20)24-14-16-25(17-15-24)23-12-8-21(9-13-23)19-26-18-4-2/h3,5,8-9,12-17,20,22H,4,6-7,10-11,18-19H2,1-2H3/b5-3-. The molecule has 0 atom stereocenters. The van der Waals surface area contributed by atoms with Crippen LogP contribution < -0.4 is 0 Å². The highest BCUT2D eigenvalue weighted by Gasteiger charge is 2.20. The lowest BCUT2D eigenvalue weighted by Gasteiger charge is -2.27. The van der Waals surface area contributed by atoms with Gasteiger partial charge in [-0.05, 0) is 73.1 Å². The number of rotatable bonds is 7. The molecule has 138 valence electrons. The molecule has 0 radical (unpaired) electrons. The molecule has 0 aromatic heterocycles. The predicted molar refractivity (Wildman–Crippen MR) is 111 cm³/mol. The average molecular weight is 349 g/mol. The molecule has 0 saturated heterocycles. The van der Waals surface area contributed by atoms with Crippen LogP contribution in [0.4, 0.5) is 0 Å². The summed E-state index contributed by atoms with van der Waals surface area (Å²) in [5.41, 5.74) is 5.35. The second kappa shape index (κ2) is 9.73. The van der Waals surface area contributed by atoms with Gasteiger partial charge in [-0.25, -0.2) is 0 Å². The Kier molecular flexibility index (Phi) is 7.08. The molecule has 3 rings (SSSR count).